The highest BCUT2D eigenvalue weighted by Gasteiger charge is 2.41. The van der Waals surface area contributed by atoms with Crippen LogP contribution in [0, 0.1) is 5.92 Å². The molecule has 5 atom stereocenters. The van der Waals surface area contributed by atoms with E-state index in [1.54, 1.807) is 43.0 Å². The molecule has 2 aromatic carbocycles. The summed E-state index contributed by atoms with van der Waals surface area (Å²) in [6.45, 7) is 12.1. The van der Waals surface area contributed by atoms with E-state index >= 15 is 0 Å². The Balaban J connectivity index is 1.92. The summed E-state index contributed by atoms with van der Waals surface area (Å²) in [4.78, 5) is 56.2. The van der Waals surface area contributed by atoms with Crippen LogP contribution in [-0.4, -0.2) is 92.3 Å². The lowest BCUT2D eigenvalue weighted by Crippen LogP contribution is -2.58. The van der Waals surface area contributed by atoms with Crippen LogP contribution in [-0.2, 0) is 36.4 Å². The molecule has 12 heteroatoms. The number of amides is 3. The van der Waals surface area contributed by atoms with Gasteiger partial charge < -0.3 is 30.4 Å². The Kier molecular flexibility index (Phi) is 13.4. The fourth-order valence-corrected chi connectivity index (χ4v) is 7.06. The molecule has 0 aliphatic heterocycles. The molecular weight excluding hydrogens is 648 g/mol. The number of rotatable bonds is 15. The molecule has 0 radical (unpaired) electrons. The smallest absolute Gasteiger partial charge is 0.304 e. The van der Waals surface area contributed by atoms with Crippen molar-refractivity contribution in [2.24, 2.45) is 11.7 Å². The van der Waals surface area contributed by atoms with Crippen LogP contribution >= 0.6 is 11.6 Å². The first-order valence-electron chi connectivity index (χ1n) is 16.6. The molecule has 1 aliphatic rings. The van der Waals surface area contributed by atoms with Crippen LogP contribution in [0.3, 0.4) is 0 Å². The third-order valence-corrected chi connectivity index (χ3v) is 14.7. The minimum atomic E-state index is -2.29. The maximum Gasteiger partial charge on any atom is 0.304 e. The summed E-state index contributed by atoms with van der Waals surface area (Å²) in [5.74, 6) is -3.16. The lowest BCUT2D eigenvalue weighted by atomic mass is 9.84. The third kappa shape index (κ3) is 10.1. The van der Waals surface area contributed by atoms with Gasteiger partial charge in [-0.05, 0) is 79.1 Å². The number of carboxylic acid groups (broad SMARTS) is 1. The van der Waals surface area contributed by atoms with Crippen LogP contribution in [0.2, 0.25) is 23.2 Å². The molecule has 4 unspecified atom stereocenters. The largest absolute Gasteiger partial charge is 0.481 e. The van der Waals surface area contributed by atoms with Crippen LogP contribution in [0.25, 0.3) is 0 Å². The lowest BCUT2D eigenvalue weighted by Gasteiger charge is -2.39. The minimum absolute atomic E-state index is 0.0255. The highest BCUT2D eigenvalue weighted by Crippen LogP contribution is 2.40. The Morgan fingerprint density at radius 3 is 2.27 bits per heavy atom. The quantitative estimate of drug-likeness (QED) is 0.226. The molecule has 3 amide bonds. The molecule has 1 aliphatic carbocycles. The van der Waals surface area contributed by atoms with E-state index in [2.05, 4.69) is 39.2 Å². The average molecular weight is 701 g/mol. The van der Waals surface area contributed by atoms with Crippen LogP contribution in [0.4, 0.5) is 0 Å². The Morgan fingerprint density at radius 2 is 1.69 bits per heavy atom. The highest BCUT2D eigenvalue weighted by molar-refractivity contribution is 6.74. The maximum atomic E-state index is 14.2. The van der Waals surface area contributed by atoms with E-state index in [9.17, 15) is 24.3 Å². The van der Waals surface area contributed by atoms with Gasteiger partial charge in [0.1, 0.15) is 6.04 Å². The first kappa shape index (κ1) is 39.2. The van der Waals surface area contributed by atoms with Crippen molar-refractivity contribution in [3.63, 3.8) is 0 Å². The molecule has 2 aromatic rings. The number of nitrogens with two attached hydrogens (primary N) is 1. The van der Waals surface area contributed by atoms with Crippen LogP contribution in [0.5, 0.6) is 0 Å². The van der Waals surface area contributed by atoms with Gasteiger partial charge in [-0.25, -0.2) is 0 Å². The highest BCUT2D eigenvalue weighted by atomic mass is 35.5. The molecule has 0 fully saturated rings. The Morgan fingerprint density at radius 1 is 1.06 bits per heavy atom. The number of carbonyl (C=O) groups is 4. The van der Waals surface area contributed by atoms with Crippen LogP contribution in [0.15, 0.2) is 48.5 Å². The summed E-state index contributed by atoms with van der Waals surface area (Å²) < 4.78 is 6.39. The Hall–Kier alpha value is -3.25. The summed E-state index contributed by atoms with van der Waals surface area (Å²) >= 11 is 6.15. The van der Waals surface area contributed by atoms with Gasteiger partial charge in [0.25, 0.3) is 0 Å². The molecule has 3 rings (SSSR count). The van der Waals surface area contributed by atoms with Gasteiger partial charge in [-0.15, -0.1) is 0 Å². The predicted octanol–water partition coefficient (Wildman–Crippen LogP) is 4.84. The molecule has 0 saturated carbocycles. The molecule has 0 aromatic heterocycles. The normalized spacial score (nSPS) is 17.1. The topological polar surface area (TPSA) is 142 Å². The van der Waals surface area contributed by atoms with Crippen molar-refractivity contribution in [3.05, 3.63) is 70.2 Å². The second kappa shape index (κ2) is 16.4. The van der Waals surface area contributed by atoms with E-state index in [1.807, 2.05) is 36.4 Å². The lowest BCUT2D eigenvalue weighted by molar-refractivity contribution is -0.145. The SMILES string of the molecule is CC(N)C(=O)NC(CO[Si](C)(C)C(C)(C)C)C(=O)N(C)C(Cc1ccc(Cl)cc1)CN(C)C(=O)C(CC(=O)O)[C@@H]1CCc2ccccc21. The van der Waals surface area contributed by atoms with Gasteiger partial charge in [-0.1, -0.05) is 68.8 Å². The van der Waals surface area contributed by atoms with E-state index in [0.29, 0.717) is 17.9 Å². The Bertz CT molecular complexity index is 1440. The van der Waals surface area contributed by atoms with Crippen LogP contribution < -0.4 is 11.1 Å². The zero-order chi connectivity index (χ0) is 36.0. The van der Waals surface area contributed by atoms with E-state index in [1.165, 1.54) is 0 Å². The summed E-state index contributed by atoms with van der Waals surface area (Å²) in [7, 11) is 1.01. The molecular formula is C36H53ClN4O6Si. The second-order valence-electron chi connectivity index (χ2n) is 14.6. The van der Waals surface area contributed by atoms with Gasteiger partial charge in [0.05, 0.1) is 31.0 Å². The minimum Gasteiger partial charge on any atom is -0.481 e. The van der Waals surface area contributed by atoms with Crippen molar-refractivity contribution in [2.45, 2.75) is 95.6 Å². The number of hydrogen-bond acceptors (Lipinski definition) is 6. The van der Waals surface area contributed by atoms with Crippen LogP contribution in [0.1, 0.15) is 63.1 Å². The zero-order valence-electron chi connectivity index (χ0n) is 29.6. The van der Waals surface area contributed by atoms with E-state index in [4.69, 9.17) is 21.8 Å². The van der Waals surface area contributed by atoms with Gasteiger partial charge in [0.2, 0.25) is 17.7 Å². The molecule has 264 valence electrons. The third-order valence-electron chi connectivity index (χ3n) is 9.96. The molecule has 0 bridgehead atoms. The number of fused-ring (bicyclic) bond motifs is 1. The molecule has 0 heterocycles. The summed E-state index contributed by atoms with van der Waals surface area (Å²) in [5.41, 5.74) is 8.91. The first-order valence-corrected chi connectivity index (χ1v) is 19.9. The predicted molar refractivity (Wildman–Crippen MR) is 191 cm³/mol. The van der Waals surface area contributed by atoms with Gasteiger partial charge in [-0.2, -0.15) is 0 Å². The van der Waals surface area contributed by atoms with Crippen molar-refractivity contribution >= 4 is 43.6 Å². The van der Waals surface area contributed by atoms with E-state index < -0.39 is 44.2 Å². The number of hydrogen-bond donors (Lipinski definition) is 3. The zero-order valence-corrected chi connectivity index (χ0v) is 31.3. The number of benzene rings is 2. The van der Waals surface area contributed by atoms with Gasteiger partial charge >= 0.3 is 5.97 Å². The molecule has 48 heavy (non-hydrogen) atoms. The number of nitrogens with zero attached hydrogens (tertiary/aromatic N) is 2. The number of carbonyl (C=O) groups excluding carboxylic acids is 3. The molecule has 4 N–H and O–H groups in total. The molecule has 0 saturated heterocycles. The monoisotopic (exact) mass is 700 g/mol. The summed E-state index contributed by atoms with van der Waals surface area (Å²) in [5, 5.41) is 13.1. The van der Waals surface area contributed by atoms with Crippen molar-refractivity contribution in [3.8, 4) is 0 Å². The fourth-order valence-electron chi connectivity index (χ4n) is 5.92. The number of carboxylic acids is 1. The summed E-state index contributed by atoms with van der Waals surface area (Å²) in [6, 6.07) is 12.8. The number of aliphatic carboxylic acids is 1. The van der Waals surface area contributed by atoms with Crippen molar-refractivity contribution < 1.29 is 28.7 Å². The van der Waals surface area contributed by atoms with E-state index in [-0.39, 0.29) is 42.3 Å². The van der Waals surface area contributed by atoms with Gasteiger partial charge in [0, 0.05) is 25.7 Å². The fraction of sp³-hybridized carbons (Fsp3) is 0.556. The number of halogens is 1. The molecule has 10 nitrogen and oxygen atoms in total. The van der Waals surface area contributed by atoms with Crippen molar-refractivity contribution in [1.29, 1.82) is 0 Å². The van der Waals surface area contributed by atoms with E-state index in [0.717, 1.165) is 23.1 Å². The van der Waals surface area contributed by atoms with Gasteiger partial charge in [0.15, 0.2) is 8.32 Å². The number of nitrogens with one attached hydrogen (secondary N) is 1. The molecule has 0 spiro atoms. The second-order valence-corrected chi connectivity index (χ2v) is 19.9. The number of aryl methyl sites for hydroxylation is 1. The van der Waals surface area contributed by atoms with Crippen molar-refractivity contribution in [1.82, 2.24) is 15.1 Å². The number of likely N-dealkylation sites (N-methyl/N-ethyl adjacent to an activating group) is 2. The van der Waals surface area contributed by atoms with Crippen molar-refractivity contribution in [2.75, 3.05) is 27.2 Å². The first-order chi connectivity index (χ1) is 22.3. The average Bonchev–Trinajstić information content (AvgIpc) is 3.44. The maximum absolute atomic E-state index is 14.2. The Labute approximate surface area is 291 Å². The standard InChI is InChI=1S/C36H53ClN4O6Si/c1-23(38)33(44)39-31(22-47-48(7,8)36(2,3)4)35(46)41(6)27(19-24-13-16-26(37)17-14-24)21-40(5)34(45)30(20-32(42)43)29-18-15-25-11-9-10-12-28(25)29/h9-14,16-17,23,27,29-31H,15,18-22,38H2,1-8H3,(H,39,44)(H,42,43)/t23?,27?,29-,30?,31?/m1/s1. The summed E-state index contributed by atoms with van der Waals surface area (Å²) in [6.07, 6.45) is 1.56. The van der Waals surface area contributed by atoms with Gasteiger partial charge in [-0.3, -0.25) is 19.2 Å².